The van der Waals surface area contributed by atoms with Crippen molar-refractivity contribution in [3.8, 4) is 0 Å². The fourth-order valence-corrected chi connectivity index (χ4v) is 2.29. The Bertz CT molecular complexity index is 327. The first kappa shape index (κ1) is 10.8. The van der Waals surface area contributed by atoms with Gasteiger partial charge in [-0.2, -0.15) is 0 Å². The second-order valence-corrected chi connectivity index (χ2v) is 4.69. The lowest BCUT2D eigenvalue weighted by molar-refractivity contribution is 0.261. The van der Waals surface area contributed by atoms with E-state index in [0.29, 0.717) is 6.04 Å². The molecular formula is C12H17ClN2. The van der Waals surface area contributed by atoms with Crippen LogP contribution in [0.2, 0.25) is 5.02 Å². The van der Waals surface area contributed by atoms with Crippen molar-refractivity contribution in [2.75, 3.05) is 25.5 Å². The second-order valence-electron chi connectivity index (χ2n) is 4.26. The molecule has 0 spiro atoms. The van der Waals surface area contributed by atoms with E-state index in [9.17, 15) is 0 Å². The molecule has 0 aliphatic carbocycles. The zero-order chi connectivity index (χ0) is 10.7. The quantitative estimate of drug-likeness (QED) is 0.831. The van der Waals surface area contributed by atoms with Crippen LogP contribution in [0, 0.1) is 0 Å². The minimum absolute atomic E-state index is 0.558. The van der Waals surface area contributed by atoms with Gasteiger partial charge in [-0.1, -0.05) is 17.7 Å². The van der Waals surface area contributed by atoms with Crippen LogP contribution in [0.1, 0.15) is 12.8 Å². The molecule has 15 heavy (non-hydrogen) atoms. The van der Waals surface area contributed by atoms with Crippen LogP contribution in [-0.4, -0.2) is 31.1 Å². The fraction of sp³-hybridized carbons (Fsp3) is 0.500. The van der Waals surface area contributed by atoms with Gasteiger partial charge in [0.05, 0.1) is 0 Å². The molecule has 1 fully saturated rings. The predicted octanol–water partition coefficient (Wildman–Crippen LogP) is 2.85. The summed E-state index contributed by atoms with van der Waals surface area (Å²) in [5.41, 5.74) is 1.13. The highest BCUT2D eigenvalue weighted by Gasteiger charge is 2.16. The van der Waals surface area contributed by atoms with Gasteiger partial charge in [-0.15, -0.1) is 0 Å². The lowest BCUT2D eigenvalue weighted by atomic mass is 10.1. The predicted molar refractivity (Wildman–Crippen MR) is 65.6 cm³/mol. The molecule has 2 nitrogen and oxygen atoms in total. The Morgan fingerprint density at radius 1 is 1.47 bits per heavy atom. The molecule has 1 aromatic rings. The maximum Gasteiger partial charge on any atom is 0.0426 e. The molecule has 3 heteroatoms. The summed E-state index contributed by atoms with van der Waals surface area (Å²) in [5, 5.41) is 4.32. The zero-order valence-electron chi connectivity index (χ0n) is 9.04. The smallest absolute Gasteiger partial charge is 0.0426 e. The highest BCUT2D eigenvalue weighted by atomic mass is 35.5. The van der Waals surface area contributed by atoms with Crippen LogP contribution < -0.4 is 5.32 Å². The Kier molecular flexibility index (Phi) is 3.49. The molecule has 1 aliphatic heterocycles. The number of halogens is 1. The van der Waals surface area contributed by atoms with Crippen LogP contribution in [0.15, 0.2) is 24.3 Å². The van der Waals surface area contributed by atoms with Crippen molar-refractivity contribution in [2.24, 2.45) is 0 Å². The van der Waals surface area contributed by atoms with Gasteiger partial charge in [-0.05, 0) is 44.6 Å². The average molecular weight is 225 g/mol. The first-order chi connectivity index (χ1) is 7.24. The molecule has 0 bridgehead atoms. The van der Waals surface area contributed by atoms with Gasteiger partial charge in [-0.3, -0.25) is 0 Å². The van der Waals surface area contributed by atoms with Crippen molar-refractivity contribution in [1.82, 2.24) is 4.90 Å². The van der Waals surface area contributed by atoms with E-state index in [2.05, 4.69) is 23.3 Å². The summed E-state index contributed by atoms with van der Waals surface area (Å²) in [4.78, 5) is 2.37. The maximum absolute atomic E-state index is 5.94. The Morgan fingerprint density at radius 2 is 2.33 bits per heavy atom. The number of nitrogens with one attached hydrogen (secondary N) is 1. The summed E-state index contributed by atoms with van der Waals surface area (Å²) in [6, 6.07) is 8.50. The van der Waals surface area contributed by atoms with Crippen molar-refractivity contribution in [1.29, 1.82) is 0 Å². The first-order valence-electron chi connectivity index (χ1n) is 5.45. The number of likely N-dealkylation sites (N-methyl/N-ethyl adjacent to an activating group) is 1. The summed E-state index contributed by atoms with van der Waals surface area (Å²) < 4.78 is 0. The van der Waals surface area contributed by atoms with Crippen LogP contribution >= 0.6 is 11.6 Å². The summed E-state index contributed by atoms with van der Waals surface area (Å²) >= 11 is 5.94. The summed E-state index contributed by atoms with van der Waals surface area (Å²) in [7, 11) is 2.17. The monoisotopic (exact) mass is 224 g/mol. The number of anilines is 1. The molecule has 0 amide bonds. The molecule has 1 aromatic carbocycles. The van der Waals surface area contributed by atoms with Gasteiger partial charge in [0.15, 0.2) is 0 Å². The van der Waals surface area contributed by atoms with Gasteiger partial charge >= 0.3 is 0 Å². The molecule has 0 aromatic heterocycles. The largest absolute Gasteiger partial charge is 0.381 e. The minimum atomic E-state index is 0.558. The van der Waals surface area contributed by atoms with E-state index in [-0.39, 0.29) is 0 Å². The minimum Gasteiger partial charge on any atom is -0.381 e. The summed E-state index contributed by atoms with van der Waals surface area (Å²) in [6.45, 7) is 2.33. The van der Waals surface area contributed by atoms with Crippen LogP contribution in [0.4, 0.5) is 5.69 Å². The van der Waals surface area contributed by atoms with Gasteiger partial charge in [0.2, 0.25) is 0 Å². The molecule has 82 valence electrons. The van der Waals surface area contributed by atoms with E-state index in [4.69, 9.17) is 11.6 Å². The van der Waals surface area contributed by atoms with Gasteiger partial charge < -0.3 is 10.2 Å². The summed E-state index contributed by atoms with van der Waals surface area (Å²) in [6.07, 6.45) is 2.52. The molecule has 1 saturated heterocycles. The average Bonchev–Trinajstić information content (AvgIpc) is 2.17. The van der Waals surface area contributed by atoms with E-state index in [1.54, 1.807) is 0 Å². The maximum atomic E-state index is 5.94. The Morgan fingerprint density at radius 3 is 3.07 bits per heavy atom. The molecule has 1 heterocycles. The lowest BCUT2D eigenvalue weighted by Crippen LogP contribution is -2.39. The van der Waals surface area contributed by atoms with Gasteiger partial charge in [0.1, 0.15) is 0 Å². The topological polar surface area (TPSA) is 15.3 Å². The van der Waals surface area contributed by atoms with Gasteiger partial charge in [0, 0.05) is 23.3 Å². The number of benzene rings is 1. The van der Waals surface area contributed by atoms with Crippen LogP contribution in [-0.2, 0) is 0 Å². The molecule has 1 N–H and O–H groups in total. The Labute approximate surface area is 96.2 Å². The first-order valence-corrected chi connectivity index (χ1v) is 5.82. The number of rotatable bonds is 2. The number of hydrogen-bond acceptors (Lipinski definition) is 2. The Hall–Kier alpha value is -0.730. The molecule has 0 saturated carbocycles. The van der Waals surface area contributed by atoms with E-state index in [0.717, 1.165) is 17.3 Å². The molecule has 2 rings (SSSR count). The summed E-state index contributed by atoms with van der Waals surface area (Å²) in [5.74, 6) is 0. The third kappa shape index (κ3) is 3.11. The fourth-order valence-electron chi connectivity index (χ4n) is 2.10. The number of piperidine rings is 1. The zero-order valence-corrected chi connectivity index (χ0v) is 9.80. The van der Waals surface area contributed by atoms with Crippen molar-refractivity contribution in [2.45, 2.75) is 18.9 Å². The van der Waals surface area contributed by atoms with Crippen molar-refractivity contribution in [3.05, 3.63) is 29.3 Å². The number of likely N-dealkylation sites (tertiary alicyclic amines) is 1. The standard InChI is InChI=1S/C12H17ClN2/c1-15-7-3-6-12(9-15)14-11-5-2-4-10(13)8-11/h2,4-5,8,12,14H,3,6-7,9H2,1H3. The second kappa shape index (κ2) is 4.86. The van der Waals surface area contributed by atoms with Crippen molar-refractivity contribution in [3.63, 3.8) is 0 Å². The lowest BCUT2D eigenvalue weighted by Gasteiger charge is -2.30. The molecule has 1 aliphatic rings. The van der Waals surface area contributed by atoms with E-state index in [1.807, 2.05) is 18.2 Å². The third-order valence-electron chi connectivity index (χ3n) is 2.82. The third-order valence-corrected chi connectivity index (χ3v) is 3.05. The van der Waals surface area contributed by atoms with E-state index < -0.39 is 0 Å². The van der Waals surface area contributed by atoms with Crippen LogP contribution in [0.3, 0.4) is 0 Å². The van der Waals surface area contributed by atoms with Crippen molar-refractivity contribution >= 4 is 17.3 Å². The number of nitrogens with zero attached hydrogens (tertiary/aromatic N) is 1. The van der Waals surface area contributed by atoms with Crippen molar-refractivity contribution < 1.29 is 0 Å². The highest BCUT2D eigenvalue weighted by molar-refractivity contribution is 6.30. The SMILES string of the molecule is CN1CCCC(Nc2cccc(Cl)c2)C1. The van der Waals surface area contributed by atoms with Crippen LogP contribution in [0.25, 0.3) is 0 Å². The van der Waals surface area contributed by atoms with E-state index in [1.165, 1.54) is 19.4 Å². The van der Waals surface area contributed by atoms with E-state index >= 15 is 0 Å². The Balaban J connectivity index is 1.96. The highest BCUT2D eigenvalue weighted by Crippen LogP contribution is 2.18. The molecule has 1 unspecified atom stereocenters. The molecule has 1 atom stereocenters. The van der Waals surface area contributed by atoms with Gasteiger partial charge in [0.25, 0.3) is 0 Å². The normalized spacial score (nSPS) is 22.7. The van der Waals surface area contributed by atoms with Gasteiger partial charge in [-0.25, -0.2) is 0 Å². The number of hydrogen-bond donors (Lipinski definition) is 1. The van der Waals surface area contributed by atoms with Crippen LogP contribution in [0.5, 0.6) is 0 Å². The molecule has 0 radical (unpaired) electrons. The molecular weight excluding hydrogens is 208 g/mol.